The van der Waals surface area contributed by atoms with E-state index in [9.17, 15) is 4.79 Å². The van der Waals surface area contributed by atoms with E-state index < -0.39 is 0 Å². The molecule has 0 spiro atoms. The van der Waals surface area contributed by atoms with E-state index in [1.165, 1.54) is 11.3 Å². The van der Waals surface area contributed by atoms with E-state index >= 15 is 0 Å². The van der Waals surface area contributed by atoms with Gasteiger partial charge in [-0.25, -0.2) is 9.97 Å². The normalized spacial score (nSPS) is 10.4. The lowest BCUT2D eigenvalue weighted by Gasteiger charge is -2.04. The van der Waals surface area contributed by atoms with E-state index in [0.717, 1.165) is 19.4 Å². The number of carbonyl (C=O) groups excluding carboxylic acids is 1. The van der Waals surface area contributed by atoms with Crippen molar-refractivity contribution in [3.05, 3.63) is 29.8 Å². The summed E-state index contributed by atoms with van der Waals surface area (Å²) in [6.07, 6.45) is 7.39. The minimum absolute atomic E-state index is 0.161. The van der Waals surface area contributed by atoms with E-state index in [2.05, 4.69) is 15.3 Å². The van der Waals surface area contributed by atoms with Crippen LogP contribution in [0, 0.1) is 0 Å². The molecule has 1 amide bonds. The molecule has 18 heavy (non-hydrogen) atoms. The van der Waals surface area contributed by atoms with Gasteiger partial charge in [0, 0.05) is 30.9 Å². The first kappa shape index (κ1) is 12.6. The molecule has 0 saturated carbocycles. The van der Waals surface area contributed by atoms with Gasteiger partial charge in [-0.1, -0.05) is 0 Å². The zero-order chi connectivity index (χ0) is 12.8. The molecule has 0 aliphatic heterocycles. The summed E-state index contributed by atoms with van der Waals surface area (Å²) >= 11 is 1.27. The molecule has 0 radical (unpaired) electrons. The summed E-state index contributed by atoms with van der Waals surface area (Å²) in [5.74, 6) is -0.161. The lowest BCUT2D eigenvalue weighted by Crippen LogP contribution is -2.24. The lowest BCUT2D eigenvalue weighted by atomic mass is 10.3. The fourth-order valence-electron chi connectivity index (χ4n) is 1.52. The van der Waals surface area contributed by atoms with Crippen LogP contribution in [-0.2, 0) is 6.54 Å². The highest BCUT2D eigenvalue weighted by molar-refractivity contribution is 7.13. The van der Waals surface area contributed by atoms with Gasteiger partial charge in [0.05, 0.1) is 6.33 Å². The molecule has 2 rings (SSSR count). The maximum atomic E-state index is 11.6. The summed E-state index contributed by atoms with van der Waals surface area (Å²) < 4.78 is 2.02. The average molecular weight is 265 g/mol. The molecular formula is C11H15N5OS. The summed E-state index contributed by atoms with van der Waals surface area (Å²) in [5.41, 5.74) is 5.86. The molecule has 0 aliphatic rings. The van der Waals surface area contributed by atoms with Crippen LogP contribution in [0.3, 0.4) is 0 Å². The van der Waals surface area contributed by atoms with Gasteiger partial charge in [-0.15, -0.1) is 11.3 Å². The van der Waals surface area contributed by atoms with Crippen molar-refractivity contribution in [1.29, 1.82) is 0 Å². The van der Waals surface area contributed by atoms with Crippen LogP contribution in [0.1, 0.15) is 23.3 Å². The Labute approximate surface area is 109 Å². The van der Waals surface area contributed by atoms with Crippen molar-refractivity contribution in [3.63, 3.8) is 0 Å². The first-order valence-corrected chi connectivity index (χ1v) is 6.58. The van der Waals surface area contributed by atoms with Gasteiger partial charge in [-0.05, 0) is 12.8 Å². The molecule has 2 aromatic heterocycles. The number of hydrogen-bond donors (Lipinski definition) is 2. The Morgan fingerprint density at radius 1 is 1.50 bits per heavy atom. The number of aromatic nitrogens is 3. The van der Waals surface area contributed by atoms with Gasteiger partial charge in [0.1, 0.15) is 5.69 Å². The van der Waals surface area contributed by atoms with Gasteiger partial charge in [0.2, 0.25) is 0 Å². The molecule has 3 N–H and O–H groups in total. The van der Waals surface area contributed by atoms with Crippen LogP contribution in [0.15, 0.2) is 24.1 Å². The third-order valence-electron chi connectivity index (χ3n) is 2.44. The van der Waals surface area contributed by atoms with Crippen LogP contribution < -0.4 is 11.1 Å². The van der Waals surface area contributed by atoms with E-state index in [0.29, 0.717) is 17.4 Å². The molecule has 2 heterocycles. The smallest absolute Gasteiger partial charge is 0.270 e. The standard InChI is InChI=1S/C11H15N5OS/c12-11-15-9(7-18-11)10(17)14-3-1-2-5-16-6-4-13-8-16/h4,6-8H,1-3,5H2,(H2,12,15)(H,14,17). The van der Waals surface area contributed by atoms with Crippen molar-refractivity contribution in [2.24, 2.45) is 0 Å². The number of nitrogen functional groups attached to an aromatic ring is 1. The highest BCUT2D eigenvalue weighted by Gasteiger charge is 2.08. The molecule has 0 atom stereocenters. The number of rotatable bonds is 6. The Kier molecular flexibility index (Phi) is 4.30. The highest BCUT2D eigenvalue weighted by atomic mass is 32.1. The molecule has 0 saturated heterocycles. The van der Waals surface area contributed by atoms with Gasteiger partial charge in [0.15, 0.2) is 5.13 Å². The van der Waals surface area contributed by atoms with Crippen molar-refractivity contribution >= 4 is 22.4 Å². The van der Waals surface area contributed by atoms with Crippen molar-refractivity contribution in [2.75, 3.05) is 12.3 Å². The second kappa shape index (κ2) is 6.15. The Morgan fingerprint density at radius 3 is 3.06 bits per heavy atom. The number of hydrogen-bond acceptors (Lipinski definition) is 5. The SMILES string of the molecule is Nc1nc(C(=O)NCCCCn2ccnc2)cs1. The Bertz CT molecular complexity index is 493. The number of anilines is 1. The van der Waals surface area contributed by atoms with Gasteiger partial charge < -0.3 is 15.6 Å². The Hall–Kier alpha value is -1.89. The number of aryl methyl sites for hydroxylation is 1. The molecule has 2 aromatic rings. The molecule has 7 heteroatoms. The minimum atomic E-state index is -0.161. The summed E-state index contributed by atoms with van der Waals surface area (Å²) in [4.78, 5) is 19.5. The van der Waals surface area contributed by atoms with Crippen LogP contribution >= 0.6 is 11.3 Å². The number of thiazole rings is 1. The van der Waals surface area contributed by atoms with Crippen LogP contribution in [0.2, 0.25) is 0 Å². The Balaban J connectivity index is 1.62. The van der Waals surface area contributed by atoms with Gasteiger partial charge in [0.25, 0.3) is 5.91 Å². The molecule has 0 aliphatic carbocycles. The predicted molar refractivity (Wildman–Crippen MR) is 70.3 cm³/mol. The zero-order valence-electron chi connectivity index (χ0n) is 9.87. The lowest BCUT2D eigenvalue weighted by molar-refractivity contribution is 0.0948. The summed E-state index contributed by atoms with van der Waals surface area (Å²) in [6, 6.07) is 0. The van der Waals surface area contributed by atoms with Crippen LogP contribution in [0.25, 0.3) is 0 Å². The molecule has 96 valence electrons. The number of imidazole rings is 1. The van der Waals surface area contributed by atoms with Crippen molar-refractivity contribution in [2.45, 2.75) is 19.4 Å². The molecule has 0 bridgehead atoms. The number of amides is 1. The number of unbranched alkanes of at least 4 members (excludes halogenated alkanes) is 1. The van der Waals surface area contributed by atoms with E-state index in [1.807, 2.05) is 10.8 Å². The molecule has 0 unspecified atom stereocenters. The maximum absolute atomic E-state index is 11.6. The second-order valence-electron chi connectivity index (χ2n) is 3.83. The number of carbonyl (C=O) groups is 1. The van der Waals surface area contributed by atoms with Crippen molar-refractivity contribution in [1.82, 2.24) is 19.9 Å². The fourth-order valence-corrected chi connectivity index (χ4v) is 2.07. The molecule has 6 nitrogen and oxygen atoms in total. The second-order valence-corrected chi connectivity index (χ2v) is 4.72. The van der Waals surface area contributed by atoms with Crippen LogP contribution in [-0.4, -0.2) is 27.0 Å². The first-order valence-electron chi connectivity index (χ1n) is 5.70. The largest absolute Gasteiger partial charge is 0.375 e. The van der Waals surface area contributed by atoms with Crippen molar-refractivity contribution in [3.8, 4) is 0 Å². The summed E-state index contributed by atoms with van der Waals surface area (Å²) in [5, 5.41) is 4.90. The topological polar surface area (TPSA) is 85.8 Å². The summed E-state index contributed by atoms with van der Waals surface area (Å²) in [7, 11) is 0. The number of nitrogens with zero attached hydrogens (tertiary/aromatic N) is 3. The third-order valence-corrected chi connectivity index (χ3v) is 3.12. The maximum Gasteiger partial charge on any atom is 0.270 e. The third kappa shape index (κ3) is 3.56. The first-order chi connectivity index (χ1) is 8.75. The summed E-state index contributed by atoms with van der Waals surface area (Å²) in [6.45, 7) is 1.56. The van der Waals surface area contributed by atoms with E-state index in [4.69, 9.17) is 5.73 Å². The molecule has 0 aromatic carbocycles. The van der Waals surface area contributed by atoms with Gasteiger partial charge in [-0.3, -0.25) is 4.79 Å². The molecular weight excluding hydrogens is 250 g/mol. The van der Waals surface area contributed by atoms with E-state index in [-0.39, 0.29) is 5.91 Å². The van der Waals surface area contributed by atoms with E-state index in [1.54, 1.807) is 17.9 Å². The minimum Gasteiger partial charge on any atom is -0.375 e. The monoisotopic (exact) mass is 265 g/mol. The Morgan fingerprint density at radius 2 is 2.39 bits per heavy atom. The average Bonchev–Trinajstić information content (AvgIpc) is 2.99. The van der Waals surface area contributed by atoms with Crippen LogP contribution in [0.4, 0.5) is 5.13 Å². The fraction of sp³-hybridized carbons (Fsp3) is 0.364. The predicted octanol–water partition coefficient (Wildman–Crippen LogP) is 1.13. The quantitative estimate of drug-likeness (QED) is 0.767. The highest BCUT2D eigenvalue weighted by Crippen LogP contribution is 2.10. The number of nitrogens with one attached hydrogen (secondary N) is 1. The zero-order valence-corrected chi connectivity index (χ0v) is 10.7. The van der Waals surface area contributed by atoms with Crippen LogP contribution in [0.5, 0.6) is 0 Å². The van der Waals surface area contributed by atoms with Gasteiger partial charge in [-0.2, -0.15) is 0 Å². The molecule has 0 fully saturated rings. The van der Waals surface area contributed by atoms with Crippen molar-refractivity contribution < 1.29 is 4.79 Å². The number of nitrogens with two attached hydrogens (primary N) is 1. The van der Waals surface area contributed by atoms with Gasteiger partial charge >= 0.3 is 0 Å².